The Bertz CT molecular complexity index is 1020. The van der Waals surface area contributed by atoms with Crippen LogP contribution in [0.5, 0.6) is 5.75 Å². The lowest BCUT2D eigenvalue weighted by Gasteiger charge is -2.03. The second-order valence-electron chi connectivity index (χ2n) is 4.83. The van der Waals surface area contributed by atoms with Crippen molar-refractivity contribution in [1.29, 1.82) is 0 Å². The minimum absolute atomic E-state index is 0.0557. The Kier molecular flexibility index (Phi) is 2.62. The van der Waals surface area contributed by atoms with E-state index in [1.165, 1.54) is 16.8 Å². The number of aromatic hydroxyl groups is 1. The summed E-state index contributed by atoms with van der Waals surface area (Å²) in [7, 11) is 0. The zero-order valence-electron chi connectivity index (χ0n) is 11.3. The molecule has 0 bridgehead atoms. The molecule has 0 aliphatic carbocycles. The summed E-state index contributed by atoms with van der Waals surface area (Å²) < 4.78 is 1.53. The largest absolute Gasteiger partial charge is 0.507 e. The Morgan fingerprint density at radius 3 is 2.82 bits per heavy atom. The average molecular weight is 290 g/mol. The normalized spacial score (nSPS) is 11.1. The van der Waals surface area contributed by atoms with Crippen LogP contribution in [0.25, 0.3) is 16.7 Å². The van der Waals surface area contributed by atoms with E-state index in [0.717, 1.165) is 5.39 Å². The van der Waals surface area contributed by atoms with Crippen LogP contribution in [0.1, 0.15) is 15.9 Å². The van der Waals surface area contributed by atoms with Crippen molar-refractivity contribution in [3.8, 4) is 5.75 Å². The Morgan fingerprint density at radius 1 is 1.09 bits per heavy atom. The topological polar surface area (TPSA) is 80.4 Å². The lowest BCUT2D eigenvalue weighted by molar-refractivity contribution is 0.103. The molecule has 0 atom stereocenters. The van der Waals surface area contributed by atoms with Crippen molar-refractivity contribution in [2.45, 2.75) is 0 Å². The molecular weight excluding hydrogens is 280 g/mol. The molecule has 1 aromatic carbocycles. The first-order chi connectivity index (χ1) is 10.7. The summed E-state index contributed by atoms with van der Waals surface area (Å²) in [4.78, 5) is 20.9. The molecule has 22 heavy (non-hydrogen) atoms. The van der Waals surface area contributed by atoms with Crippen molar-refractivity contribution in [1.82, 2.24) is 19.6 Å². The molecule has 6 nitrogen and oxygen atoms in total. The number of carbonyl (C=O) groups excluding carboxylic acids is 1. The van der Waals surface area contributed by atoms with Gasteiger partial charge in [-0.25, -0.2) is 14.5 Å². The van der Waals surface area contributed by atoms with Crippen LogP contribution in [0.2, 0.25) is 0 Å². The van der Waals surface area contributed by atoms with Gasteiger partial charge in [0.15, 0.2) is 17.1 Å². The number of hydrogen-bond donors (Lipinski definition) is 1. The third kappa shape index (κ3) is 1.81. The van der Waals surface area contributed by atoms with Gasteiger partial charge in [0.2, 0.25) is 0 Å². The molecule has 0 spiro atoms. The zero-order chi connectivity index (χ0) is 15.1. The van der Waals surface area contributed by atoms with E-state index in [2.05, 4.69) is 15.1 Å². The van der Waals surface area contributed by atoms with Gasteiger partial charge in [-0.05, 0) is 24.3 Å². The predicted molar refractivity (Wildman–Crippen MR) is 79.8 cm³/mol. The van der Waals surface area contributed by atoms with Crippen LogP contribution in [0.4, 0.5) is 0 Å². The molecular formula is C16H10N4O2. The van der Waals surface area contributed by atoms with Crippen molar-refractivity contribution >= 4 is 22.5 Å². The van der Waals surface area contributed by atoms with Gasteiger partial charge in [0.1, 0.15) is 5.75 Å². The zero-order valence-corrected chi connectivity index (χ0v) is 11.3. The van der Waals surface area contributed by atoms with E-state index in [1.54, 1.807) is 30.6 Å². The number of hydrogen-bond acceptors (Lipinski definition) is 5. The van der Waals surface area contributed by atoms with Gasteiger partial charge in [-0.15, -0.1) is 5.10 Å². The Labute approximate surface area is 124 Å². The van der Waals surface area contributed by atoms with E-state index in [4.69, 9.17) is 0 Å². The Balaban J connectivity index is 1.88. The molecule has 1 N–H and O–H groups in total. The fourth-order valence-electron chi connectivity index (χ4n) is 2.38. The van der Waals surface area contributed by atoms with E-state index in [9.17, 15) is 9.90 Å². The maximum Gasteiger partial charge on any atom is 0.199 e. The summed E-state index contributed by atoms with van der Waals surface area (Å²) >= 11 is 0. The minimum atomic E-state index is -0.306. The van der Waals surface area contributed by atoms with Gasteiger partial charge in [-0.3, -0.25) is 4.79 Å². The molecule has 0 fully saturated rings. The number of para-hydroxylation sites is 1. The summed E-state index contributed by atoms with van der Waals surface area (Å²) in [5.41, 5.74) is 1.79. The molecule has 0 radical (unpaired) electrons. The maximum absolute atomic E-state index is 12.5. The summed E-state index contributed by atoms with van der Waals surface area (Å²) in [5, 5.41) is 14.9. The second kappa shape index (κ2) is 4.63. The lowest BCUT2D eigenvalue weighted by atomic mass is 10.1. The van der Waals surface area contributed by atoms with Gasteiger partial charge in [-0.2, -0.15) is 0 Å². The van der Waals surface area contributed by atoms with Crippen molar-refractivity contribution < 1.29 is 9.90 Å². The van der Waals surface area contributed by atoms with Crippen LogP contribution in [-0.4, -0.2) is 30.5 Å². The highest BCUT2D eigenvalue weighted by Gasteiger charge is 2.15. The van der Waals surface area contributed by atoms with E-state index in [-0.39, 0.29) is 17.1 Å². The van der Waals surface area contributed by atoms with Crippen LogP contribution in [0.3, 0.4) is 0 Å². The number of carbonyl (C=O) groups is 1. The Morgan fingerprint density at radius 2 is 1.95 bits per heavy atom. The first kappa shape index (κ1) is 12.5. The number of phenols is 1. The highest BCUT2D eigenvalue weighted by Crippen LogP contribution is 2.21. The fraction of sp³-hybridized carbons (Fsp3) is 0. The standard InChI is InChI=1S/C16H10N4O2/c21-13-6-2-1-4-11(13)14(22)10-8-18-16-12-5-3-7-17-15(12)19-20(16)9-10/h1-9,21H. The molecule has 0 aliphatic heterocycles. The second-order valence-corrected chi connectivity index (χ2v) is 4.83. The van der Waals surface area contributed by atoms with Crippen molar-refractivity contribution in [2.24, 2.45) is 0 Å². The molecule has 106 valence electrons. The monoisotopic (exact) mass is 290 g/mol. The summed E-state index contributed by atoms with van der Waals surface area (Å²) in [6, 6.07) is 10.1. The number of fused-ring (bicyclic) bond motifs is 3. The highest BCUT2D eigenvalue weighted by molar-refractivity contribution is 6.10. The molecule has 3 heterocycles. The van der Waals surface area contributed by atoms with Crippen LogP contribution < -0.4 is 0 Å². The van der Waals surface area contributed by atoms with E-state index in [1.807, 2.05) is 12.1 Å². The molecule has 0 saturated carbocycles. The van der Waals surface area contributed by atoms with Gasteiger partial charge in [0, 0.05) is 18.6 Å². The van der Waals surface area contributed by atoms with Gasteiger partial charge in [0.25, 0.3) is 0 Å². The van der Waals surface area contributed by atoms with E-state index < -0.39 is 0 Å². The molecule has 6 heteroatoms. The van der Waals surface area contributed by atoms with Gasteiger partial charge in [-0.1, -0.05) is 12.1 Å². The van der Waals surface area contributed by atoms with Crippen LogP contribution in [0.15, 0.2) is 55.0 Å². The summed E-state index contributed by atoms with van der Waals surface area (Å²) in [6.45, 7) is 0. The first-order valence-corrected chi connectivity index (χ1v) is 6.66. The third-order valence-corrected chi connectivity index (χ3v) is 3.45. The van der Waals surface area contributed by atoms with Crippen molar-refractivity contribution in [3.05, 3.63) is 66.1 Å². The molecule has 3 aromatic heterocycles. The molecule has 4 aromatic rings. The minimum Gasteiger partial charge on any atom is -0.507 e. The van der Waals surface area contributed by atoms with Gasteiger partial charge >= 0.3 is 0 Å². The van der Waals surface area contributed by atoms with E-state index in [0.29, 0.717) is 16.9 Å². The molecule has 0 saturated heterocycles. The van der Waals surface area contributed by atoms with E-state index >= 15 is 0 Å². The number of pyridine rings is 1. The fourth-order valence-corrected chi connectivity index (χ4v) is 2.38. The number of aromatic nitrogens is 4. The molecule has 0 aliphatic rings. The number of benzene rings is 1. The molecule has 4 rings (SSSR count). The van der Waals surface area contributed by atoms with Gasteiger partial charge in [0.05, 0.1) is 16.5 Å². The average Bonchev–Trinajstić information content (AvgIpc) is 2.92. The van der Waals surface area contributed by atoms with Crippen LogP contribution in [0, 0.1) is 0 Å². The number of nitrogens with zero attached hydrogens (tertiary/aromatic N) is 4. The molecule has 0 unspecified atom stereocenters. The van der Waals surface area contributed by atoms with Crippen LogP contribution >= 0.6 is 0 Å². The smallest absolute Gasteiger partial charge is 0.199 e. The third-order valence-electron chi connectivity index (χ3n) is 3.45. The summed E-state index contributed by atoms with van der Waals surface area (Å²) in [6.07, 6.45) is 4.74. The summed E-state index contributed by atoms with van der Waals surface area (Å²) in [5.74, 6) is -0.361. The van der Waals surface area contributed by atoms with Crippen molar-refractivity contribution in [3.63, 3.8) is 0 Å². The van der Waals surface area contributed by atoms with Crippen molar-refractivity contribution in [2.75, 3.05) is 0 Å². The predicted octanol–water partition coefficient (Wildman–Crippen LogP) is 2.21. The number of rotatable bonds is 2. The van der Waals surface area contributed by atoms with Gasteiger partial charge < -0.3 is 5.11 Å². The Hall–Kier alpha value is -3.28. The first-order valence-electron chi connectivity index (χ1n) is 6.66. The highest BCUT2D eigenvalue weighted by atomic mass is 16.3. The molecule has 0 amide bonds. The maximum atomic E-state index is 12.5. The number of ketones is 1. The lowest BCUT2D eigenvalue weighted by Crippen LogP contribution is -2.04. The number of phenolic OH excluding ortho intramolecular Hbond substituents is 1. The quantitative estimate of drug-likeness (QED) is 0.572. The SMILES string of the molecule is O=C(c1cnc2c3cccnc3nn2c1)c1ccccc1O. The van der Waals surface area contributed by atoms with Crippen LogP contribution in [-0.2, 0) is 0 Å².